The second kappa shape index (κ2) is 4.68. The lowest BCUT2D eigenvalue weighted by Crippen LogP contribution is -2.11. The van der Waals surface area contributed by atoms with Crippen molar-refractivity contribution in [3.8, 4) is 0 Å². The van der Waals surface area contributed by atoms with Gasteiger partial charge in [0.05, 0.1) is 6.20 Å². The fraction of sp³-hybridized carbons (Fsp3) is 0.385. The van der Waals surface area contributed by atoms with Gasteiger partial charge >= 0.3 is 0 Å². The molecule has 1 aromatic carbocycles. The van der Waals surface area contributed by atoms with Crippen LogP contribution in [0, 0.1) is 0 Å². The Kier molecular flexibility index (Phi) is 2.88. The Hall–Kier alpha value is -2.04. The molecule has 0 aliphatic carbocycles. The first-order valence-electron chi connectivity index (χ1n) is 6.39. The van der Waals surface area contributed by atoms with Crippen LogP contribution in [0.25, 0.3) is 0 Å². The largest absolute Gasteiger partial charge is 0.385 e. The number of nitrogens with one attached hydrogen (secondary N) is 2. The molecular weight excluding hydrogens is 226 g/mol. The van der Waals surface area contributed by atoms with Gasteiger partial charge in [-0.1, -0.05) is 5.21 Å². The molecule has 1 aromatic heterocycles. The molecule has 0 spiro atoms. The highest BCUT2D eigenvalue weighted by Gasteiger charge is 2.09. The van der Waals surface area contributed by atoms with Crippen LogP contribution >= 0.6 is 0 Å². The summed E-state index contributed by atoms with van der Waals surface area (Å²) >= 11 is 0. The molecule has 1 aliphatic heterocycles. The second-order valence-corrected chi connectivity index (χ2v) is 4.46. The monoisotopic (exact) mass is 243 g/mol. The average molecular weight is 243 g/mol. The minimum absolute atomic E-state index is 0.814. The van der Waals surface area contributed by atoms with Crippen LogP contribution in [0.4, 0.5) is 17.2 Å². The van der Waals surface area contributed by atoms with E-state index in [9.17, 15) is 0 Å². The fourth-order valence-electron chi connectivity index (χ4n) is 2.29. The second-order valence-electron chi connectivity index (χ2n) is 4.46. The predicted octanol–water partition coefficient (Wildman–Crippen LogP) is 2.40. The number of hydrogen-bond acceptors (Lipinski definition) is 4. The number of aromatic nitrogens is 3. The average Bonchev–Trinajstić information content (AvgIpc) is 2.86. The number of anilines is 3. The molecule has 0 amide bonds. The van der Waals surface area contributed by atoms with Crippen molar-refractivity contribution in [3.05, 3.63) is 30.0 Å². The van der Waals surface area contributed by atoms with E-state index in [-0.39, 0.29) is 0 Å². The van der Waals surface area contributed by atoms with E-state index in [2.05, 4.69) is 46.1 Å². The number of hydrogen-bond donors (Lipinski definition) is 2. The van der Waals surface area contributed by atoms with Gasteiger partial charge in [-0.05, 0) is 43.5 Å². The molecule has 18 heavy (non-hydrogen) atoms. The van der Waals surface area contributed by atoms with Crippen LogP contribution < -0.4 is 10.6 Å². The zero-order valence-corrected chi connectivity index (χ0v) is 10.5. The van der Waals surface area contributed by atoms with E-state index in [0.717, 1.165) is 31.0 Å². The van der Waals surface area contributed by atoms with Gasteiger partial charge in [0.25, 0.3) is 0 Å². The van der Waals surface area contributed by atoms with E-state index in [0.29, 0.717) is 0 Å². The SMILES string of the molecule is CCn1nncc1Nc1ccc2c(c1)CCCN2. The Morgan fingerprint density at radius 2 is 2.39 bits per heavy atom. The summed E-state index contributed by atoms with van der Waals surface area (Å²) < 4.78 is 1.84. The van der Waals surface area contributed by atoms with Crippen LogP contribution in [0.2, 0.25) is 0 Å². The highest BCUT2D eigenvalue weighted by atomic mass is 15.4. The van der Waals surface area contributed by atoms with E-state index in [1.165, 1.54) is 17.7 Å². The molecule has 2 aromatic rings. The molecule has 0 unspecified atom stereocenters. The Bertz CT molecular complexity index is 546. The van der Waals surface area contributed by atoms with Crippen molar-refractivity contribution in [2.24, 2.45) is 0 Å². The highest BCUT2D eigenvalue weighted by Crippen LogP contribution is 2.26. The zero-order valence-electron chi connectivity index (χ0n) is 10.5. The number of benzene rings is 1. The van der Waals surface area contributed by atoms with Gasteiger partial charge in [0, 0.05) is 24.5 Å². The molecular formula is C13H17N5. The molecule has 5 nitrogen and oxygen atoms in total. The molecule has 3 rings (SSSR count). The van der Waals surface area contributed by atoms with Crippen LogP contribution in [0.1, 0.15) is 18.9 Å². The highest BCUT2D eigenvalue weighted by molar-refractivity contribution is 5.64. The van der Waals surface area contributed by atoms with Gasteiger partial charge in [-0.25, -0.2) is 4.68 Å². The molecule has 94 valence electrons. The molecule has 0 bridgehead atoms. The summed E-state index contributed by atoms with van der Waals surface area (Å²) in [4.78, 5) is 0. The first-order chi connectivity index (χ1) is 8.86. The maximum Gasteiger partial charge on any atom is 0.149 e. The Labute approximate surface area is 106 Å². The number of fused-ring (bicyclic) bond motifs is 1. The lowest BCUT2D eigenvalue weighted by molar-refractivity contribution is 0.633. The lowest BCUT2D eigenvalue weighted by atomic mass is 10.0. The summed E-state index contributed by atoms with van der Waals surface area (Å²) in [5, 5.41) is 14.7. The Balaban J connectivity index is 1.85. The fourth-order valence-corrected chi connectivity index (χ4v) is 2.29. The Morgan fingerprint density at radius 3 is 3.28 bits per heavy atom. The number of rotatable bonds is 3. The quantitative estimate of drug-likeness (QED) is 0.869. The van der Waals surface area contributed by atoms with E-state index in [4.69, 9.17) is 0 Å². The third-order valence-electron chi connectivity index (χ3n) is 3.23. The van der Waals surface area contributed by atoms with Crippen LogP contribution in [-0.2, 0) is 13.0 Å². The van der Waals surface area contributed by atoms with Gasteiger partial charge in [-0.2, -0.15) is 0 Å². The third-order valence-corrected chi connectivity index (χ3v) is 3.23. The van der Waals surface area contributed by atoms with Crippen molar-refractivity contribution in [2.75, 3.05) is 17.2 Å². The van der Waals surface area contributed by atoms with Gasteiger partial charge in [-0.3, -0.25) is 0 Å². The molecule has 2 heterocycles. The van der Waals surface area contributed by atoms with E-state index in [1.54, 1.807) is 6.20 Å². The van der Waals surface area contributed by atoms with E-state index >= 15 is 0 Å². The topological polar surface area (TPSA) is 54.8 Å². The zero-order chi connectivity index (χ0) is 12.4. The van der Waals surface area contributed by atoms with Gasteiger partial charge in [-0.15, -0.1) is 5.10 Å². The summed E-state index contributed by atoms with van der Waals surface area (Å²) in [6.45, 7) is 3.94. The first kappa shape index (κ1) is 11.1. The molecule has 0 fully saturated rings. The molecule has 5 heteroatoms. The van der Waals surface area contributed by atoms with Crippen molar-refractivity contribution < 1.29 is 0 Å². The van der Waals surface area contributed by atoms with Crippen LogP contribution in [0.5, 0.6) is 0 Å². The minimum atomic E-state index is 0.814. The van der Waals surface area contributed by atoms with Crippen molar-refractivity contribution in [1.29, 1.82) is 0 Å². The van der Waals surface area contributed by atoms with Gasteiger partial charge in [0.2, 0.25) is 0 Å². The number of aryl methyl sites for hydroxylation is 2. The third kappa shape index (κ3) is 2.03. The summed E-state index contributed by atoms with van der Waals surface area (Å²) in [6.07, 6.45) is 4.09. The predicted molar refractivity (Wildman–Crippen MR) is 72.2 cm³/mol. The molecule has 0 atom stereocenters. The van der Waals surface area contributed by atoms with Crippen LogP contribution in [-0.4, -0.2) is 21.5 Å². The smallest absolute Gasteiger partial charge is 0.149 e. The summed E-state index contributed by atoms with van der Waals surface area (Å²) in [5.74, 6) is 0.932. The molecule has 0 saturated carbocycles. The van der Waals surface area contributed by atoms with Gasteiger partial charge < -0.3 is 10.6 Å². The molecule has 0 saturated heterocycles. The standard InChI is InChI=1S/C13H17N5/c1-2-18-13(9-15-17-18)16-11-5-6-12-10(8-11)4-3-7-14-12/h5-6,8-9,14,16H,2-4,7H2,1H3. The van der Waals surface area contributed by atoms with Crippen molar-refractivity contribution in [2.45, 2.75) is 26.3 Å². The maximum atomic E-state index is 4.01. The van der Waals surface area contributed by atoms with Crippen molar-refractivity contribution in [1.82, 2.24) is 15.0 Å². The lowest BCUT2D eigenvalue weighted by Gasteiger charge is -2.19. The van der Waals surface area contributed by atoms with Crippen molar-refractivity contribution in [3.63, 3.8) is 0 Å². The minimum Gasteiger partial charge on any atom is -0.385 e. The number of nitrogens with zero attached hydrogens (tertiary/aromatic N) is 3. The van der Waals surface area contributed by atoms with Gasteiger partial charge in [0.1, 0.15) is 5.82 Å². The summed E-state index contributed by atoms with van der Waals surface area (Å²) in [7, 11) is 0. The summed E-state index contributed by atoms with van der Waals surface area (Å²) in [5.41, 5.74) is 3.73. The normalized spacial score (nSPS) is 13.8. The molecule has 1 aliphatic rings. The first-order valence-corrected chi connectivity index (χ1v) is 6.39. The summed E-state index contributed by atoms with van der Waals surface area (Å²) in [6, 6.07) is 6.43. The molecule has 0 radical (unpaired) electrons. The van der Waals surface area contributed by atoms with Gasteiger partial charge in [0.15, 0.2) is 0 Å². The van der Waals surface area contributed by atoms with Crippen LogP contribution in [0.3, 0.4) is 0 Å². The van der Waals surface area contributed by atoms with E-state index < -0.39 is 0 Å². The van der Waals surface area contributed by atoms with Crippen molar-refractivity contribution >= 4 is 17.2 Å². The van der Waals surface area contributed by atoms with E-state index in [1.807, 2.05) is 4.68 Å². The van der Waals surface area contributed by atoms with Crippen LogP contribution in [0.15, 0.2) is 24.4 Å². The molecule has 2 N–H and O–H groups in total. The Morgan fingerprint density at radius 1 is 1.44 bits per heavy atom. The maximum absolute atomic E-state index is 4.01.